The van der Waals surface area contributed by atoms with Crippen LogP contribution >= 0.6 is 11.6 Å². The lowest BCUT2D eigenvalue weighted by atomic mass is 9.95. The average Bonchev–Trinajstić information content (AvgIpc) is 3.04. The second-order valence-corrected chi connectivity index (χ2v) is 8.46. The summed E-state index contributed by atoms with van der Waals surface area (Å²) in [4.78, 5) is 51.7. The van der Waals surface area contributed by atoms with Crippen LogP contribution in [-0.4, -0.2) is 35.8 Å². The van der Waals surface area contributed by atoms with Gasteiger partial charge in [-0.25, -0.2) is 9.69 Å². The summed E-state index contributed by atoms with van der Waals surface area (Å²) in [6.45, 7) is 1.51. The van der Waals surface area contributed by atoms with Crippen molar-refractivity contribution < 1.29 is 23.9 Å². The van der Waals surface area contributed by atoms with Crippen LogP contribution < -0.4 is 10.2 Å². The molecule has 1 N–H and O–H groups in total. The van der Waals surface area contributed by atoms with E-state index in [1.165, 1.54) is 31.5 Å². The molecule has 2 aromatic carbocycles. The van der Waals surface area contributed by atoms with Gasteiger partial charge in [-0.15, -0.1) is 0 Å². The third-order valence-electron chi connectivity index (χ3n) is 5.82. The minimum atomic E-state index is -0.977. The average molecular weight is 455 g/mol. The van der Waals surface area contributed by atoms with Crippen molar-refractivity contribution in [1.82, 2.24) is 5.32 Å². The lowest BCUT2D eigenvalue weighted by Gasteiger charge is -2.24. The lowest BCUT2D eigenvalue weighted by Crippen LogP contribution is -2.42. The second kappa shape index (κ2) is 9.12. The molecule has 1 heterocycles. The molecule has 1 aliphatic heterocycles. The molecular formula is C24H23ClN2O5. The van der Waals surface area contributed by atoms with Crippen LogP contribution in [-0.2, 0) is 9.53 Å². The summed E-state index contributed by atoms with van der Waals surface area (Å²) < 4.78 is 5.31. The molecule has 3 amide bonds. The maximum Gasteiger partial charge on any atom is 0.338 e. The number of hydrogen-bond acceptors (Lipinski definition) is 5. The summed E-state index contributed by atoms with van der Waals surface area (Å²) in [6, 6.07) is 10.8. The number of fused-ring (bicyclic) bond motifs is 1. The molecule has 1 fully saturated rings. The first-order valence-corrected chi connectivity index (χ1v) is 11.0. The molecule has 0 saturated heterocycles. The van der Waals surface area contributed by atoms with Gasteiger partial charge < -0.3 is 10.1 Å². The minimum absolute atomic E-state index is 0.0863. The first-order valence-electron chi connectivity index (χ1n) is 10.7. The predicted octanol–water partition coefficient (Wildman–Crippen LogP) is 4.13. The number of anilines is 1. The second-order valence-electron chi connectivity index (χ2n) is 8.05. The van der Waals surface area contributed by atoms with Crippen molar-refractivity contribution in [3.05, 3.63) is 64.2 Å². The number of nitrogens with one attached hydrogen (secondary N) is 1. The van der Waals surface area contributed by atoms with Crippen LogP contribution in [0.4, 0.5) is 5.69 Å². The number of nitrogens with zero attached hydrogens (tertiary/aromatic N) is 1. The van der Waals surface area contributed by atoms with Gasteiger partial charge in [0, 0.05) is 6.04 Å². The highest BCUT2D eigenvalue weighted by atomic mass is 35.5. The quantitative estimate of drug-likeness (QED) is 0.541. The fraction of sp³-hybridized carbons (Fsp3) is 0.333. The molecule has 0 radical (unpaired) electrons. The number of hydrogen-bond donors (Lipinski definition) is 1. The Balaban J connectivity index is 1.47. The molecule has 4 rings (SSSR count). The van der Waals surface area contributed by atoms with Crippen molar-refractivity contribution in [3.8, 4) is 0 Å². The van der Waals surface area contributed by atoms with E-state index in [4.69, 9.17) is 16.3 Å². The lowest BCUT2D eigenvalue weighted by molar-refractivity contribution is -0.130. The normalized spacial score (nSPS) is 17.1. The van der Waals surface area contributed by atoms with E-state index in [-0.39, 0.29) is 39.3 Å². The molecule has 7 nitrogen and oxygen atoms in total. The number of benzene rings is 2. The van der Waals surface area contributed by atoms with E-state index in [2.05, 4.69) is 5.32 Å². The first kappa shape index (κ1) is 22.0. The fourth-order valence-electron chi connectivity index (χ4n) is 4.07. The summed E-state index contributed by atoms with van der Waals surface area (Å²) in [6.07, 6.45) is 4.20. The number of rotatable bonds is 5. The van der Waals surface area contributed by atoms with E-state index in [1.807, 2.05) is 0 Å². The van der Waals surface area contributed by atoms with Gasteiger partial charge in [0.1, 0.15) is 0 Å². The van der Waals surface area contributed by atoms with E-state index in [0.717, 1.165) is 30.6 Å². The third kappa shape index (κ3) is 4.25. The summed E-state index contributed by atoms with van der Waals surface area (Å²) in [5, 5.41) is 3.19. The Morgan fingerprint density at radius 2 is 1.72 bits per heavy atom. The SMILES string of the molecule is CC(OC(=O)c1ccc2c(c1)C(=O)N(c1ccccc1Cl)C2=O)C(=O)NC1CCCCC1. The Kier molecular flexibility index (Phi) is 6.28. The smallest absolute Gasteiger partial charge is 0.338 e. The summed E-state index contributed by atoms with van der Waals surface area (Å²) in [5.74, 6) is -2.17. The monoisotopic (exact) mass is 454 g/mol. The maximum absolute atomic E-state index is 12.9. The molecule has 1 unspecified atom stereocenters. The topological polar surface area (TPSA) is 92.8 Å². The molecule has 32 heavy (non-hydrogen) atoms. The number of ether oxygens (including phenoxy) is 1. The molecule has 1 atom stereocenters. The molecular weight excluding hydrogens is 432 g/mol. The highest BCUT2D eigenvalue weighted by molar-refractivity contribution is 6.39. The Hall–Kier alpha value is -3.19. The Labute approximate surface area is 190 Å². The zero-order valence-corrected chi connectivity index (χ0v) is 18.4. The summed E-state index contributed by atoms with van der Waals surface area (Å²) in [5.41, 5.74) is 0.624. The highest BCUT2D eigenvalue weighted by Crippen LogP contribution is 2.33. The molecule has 0 aromatic heterocycles. The third-order valence-corrected chi connectivity index (χ3v) is 6.14. The Morgan fingerprint density at radius 1 is 1.03 bits per heavy atom. The van der Waals surface area contributed by atoms with Crippen molar-refractivity contribution in [2.45, 2.75) is 51.2 Å². The van der Waals surface area contributed by atoms with Gasteiger partial charge in [0.05, 0.1) is 27.4 Å². The van der Waals surface area contributed by atoms with Crippen LogP contribution in [0.3, 0.4) is 0 Å². The molecule has 2 aliphatic rings. The molecule has 1 aliphatic carbocycles. The minimum Gasteiger partial charge on any atom is -0.449 e. The van der Waals surface area contributed by atoms with Gasteiger partial charge in [-0.2, -0.15) is 0 Å². The maximum atomic E-state index is 12.9. The first-order chi connectivity index (χ1) is 15.4. The standard InChI is InChI=1S/C24H23ClN2O5/c1-14(21(28)26-16-7-3-2-4-8-16)32-24(31)15-11-12-17-18(13-15)23(30)27(22(17)29)20-10-6-5-9-19(20)25/h5-6,9-14,16H,2-4,7-8H2,1H3,(H,26,28). The van der Waals surface area contributed by atoms with Crippen molar-refractivity contribution in [1.29, 1.82) is 0 Å². The van der Waals surface area contributed by atoms with Crippen molar-refractivity contribution in [2.24, 2.45) is 0 Å². The summed E-state index contributed by atoms with van der Waals surface area (Å²) in [7, 11) is 0. The van der Waals surface area contributed by atoms with Crippen molar-refractivity contribution >= 4 is 41.0 Å². The number of para-hydroxylation sites is 1. The van der Waals surface area contributed by atoms with Gasteiger partial charge in [-0.3, -0.25) is 14.4 Å². The van der Waals surface area contributed by atoms with Crippen LogP contribution in [0.2, 0.25) is 5.02 Å². The summed E-state index contributed by atoms with van der Waals surface area (Å²) >= 11 is 6.16. The predicted molar refractivity (Wildman–Crippen MR) is 119 cm³/mol. The Bertz CT molecular complexity index is 1090. The van der Waals surface area contributed by atoms with Crippen molar-refractivity contribution in [2.75, 3.05) is 4.90 Å². The van der Waals surface area contributed by atoms with Gasteiger partial charge in [0.2, 0.25) is 0 Å². The molecule has 2 aromatic rings. The fourth-order valence-corrected chi connectivity index (χ4v) is 4.29. The number of carbonyl (C=O) groups excluding carboxylic acids is 4. The number of carbonyl (C=O) groups is 4. The van der Waals surface area contributed by atoms with Crippen LogP contribution in [0.15, 0.2) is 42.5 Å². The molecule has 8 heteroatoms. The highest BCUT2D eigenvalue weighted by Gasteiger charge is 2.38. The van der Waals surface area contributed by atoms with Gasteiger partial charge in [0.25, 0.3) is 17.7 Å². The molecule has 166 valence electrons. The van der Waals surface area contributed by atoms with E-state index in [1.54, 1.807) is 24.3 Å². The number of esters is 1. The molecule has 0 spiro atoms. The van der Waals surface area contributed by atoms with E-state index < -0.39 is 23.9 Å². The van der Waals surface area contributed by atoms with E-state index in [9.17, 15) is 19.2 Å². The van der Waals surface area contributed by atoms with Gasteiger partial charge in [-0.1, -0.05) is 43.0 Å². The number of amides is 3. The zero-order valence-electron chi connectivity index (χ0n) is 17.6. The number of halogens is 1. The van der Waals surface area contributed by atoms with E-state index >= 15 is 0 Å². The van der Waals surface area contributed by atoms with Crippen LogP contribution in [0.5, 0.6) is 0 Å². The zero-order chi connectivity index (χ0) is 22.8. The Morgan fingerprint density at radius 3 is 2.44 bits per heavy atom. The van der Waals surface area contributed by atoms with Crippen molar-refractivity contribution in [3.63, 3.8) is 0 Å². The van der Waals surface area contributed by atoms with Crippen LogP contribution in [0.25, 0.3) is 0 Å². The number of imide groups is 1. The van der Waals surface area contributed by atoms with Gasteiger partial charge in [0.15, 0.2) is 6.10 Å². The molecule has 1 saturated carbocycles. The van der Waals surface area contributed by atoms with E-state index in [0.29, 0.717) is 0 Å². The van der Waals surface area contributed by atoms with Gasteiger partial charge >= 0.3 is 5.97 Å². The van der Waals surface area contributed by atoms with Crippen LogP contribution in [0, 0.1) is 0 Å². The van der Waals surface area contributed by atoms with Crippen LogP contribution in [0.1, 0.15) is 70.1 Å². The molecule has 0 bridgehead atoms. The van der Waals surface area contributed by atoms with Gasteiger partial charge in [-0.05, 0) is 50.1 Å². The largest absolute Gasteiger partial charge is 0.449 e.